The first-order valence-electron chi connectivity index (χ1n) is 12.1. The lowest BCUT2D eigenvalue weighted by molar-refractivity contribution is -0.120. The van der Waals surface area contributed by atoms with Crippen molar-refractivity contribution in [2.75, 3.05) is 20.8 Å². The van der Waals surface area contributed by atoms with Gasteiger partial charge >= 0.3 is 0 Å². The van der Waals surface area contributed by atoms with Gasteiger partial charge in [-0.1, -0.05) is 61.5 Å². The maximum Gasteiger partial charge on any atom is 0.257 e. The summed E-state index contributed by atoms with van der Waals surface area (Å²) < 4.78 is 12.2. The Hall–Kier alpha value is -3.26. The highest BCUT2D eigenvalue weighted by molar-refractivity contribution is 8.00. The minimum absolute atomic E-state index is 0.0532. The van der Waals surface area contributed by atoms with Gasteiger partial charge < -0.3 is 14.8 Å². The van der Waals surface area contributed by atoms with Gasteiger partial charge in [0.1, 0.15) is 0 Å². The number of rotatable bonds is 12. The molecule has 2 aromatic carbocycles. The summed E-state index contributed by atoms with van der Waals surface area (Å²) in [6, 6.07) is 15.6. The van der Waals surface area contributed by atoms with Crippen LogP contribution in [0.25, 0.3) is 0 Å². The predicted molar refractivity (Wildman–Crippen MR) is 144 cm³/mol. The average molecular weight is 510 g/mol. The van der Waals surface area contributed by atoms with Crippen molar-refractivity contribution in [3.8, 4) is 11.5 Å². The summed E-state index contributed by atoms with van der Waals surface area (Å²) in [4.78, 5) is 30.9. The van der Waals surface area contributed by atoms with Gasteiger partial charge in [-0.3, -0.25) is 14.2 Å². The summed E-state index contributed by atoms with van der Waals surface area (Å²) >= 11 is 1.35. The largest absolute Gasteiger partial charge is 0.493 e. The number of amides is 1. The van der Waals surface area contributed by atoms with Crippen LogP contribution in [0, 0.1) is 6.92 Å². The maximum absolute atomic E-state index is 13.1. The molecule has 7 nitrogen and oxygen atoms in total. The molecule has 192 valence electrons. The van der Waals surface area contributed by atoms with Crippen molar-refractivity contribution in [1.29, 1.82) is 0 Å². The second-order valence-electron chi connectivity index (χ2n) is 8.61. The van der Waals surface area contributed by atoms with Gasteiger partial charge in [-0.15, -0.1) is 0 Å². The zero-order valence-corrected chi connectivity index (χ0v) is 22.5. The number of nitrogens with one attached hydrogen (secondary N) is 1. The van der Waals surface area contributed by atoms with Crippen LogP contribution in [0.3, 0.4) is 0 Å². The minimum Gasteiger partial charge on any atom is -0.493 e. The fraction of sp³-hybridized carbons (Fsp3) is 0.393. The number of carbonyl (C=O) groups is 1. The second kappa shape index (κ2) is 13.2. The maximum atomic E-state index is 13.1. The molecule has 0 spiro atoms. The van der Waals surface area contributed by atoms with Gasteiger partial charge in [0.2, 0.25) is 5.91 Å². The van der Waals surface area contributed by atoms with E-state index in [9.17, 15) is 9.59 Å². The van der Waals surface area contributed by atoms with Crippen molar-refractivity contribution in [3.05, 3.63) is 81.3 Å². The minimum atomic E-state index is -0.335. The molecule has 0 saturated heterocycles. The number of nitrogens with zero attached hydrogens (tertiary/aromatic N) is 2. The molecular weight excluding hydrogens is 474 g/mol. The van der Waals surface area contributed by atoms with Gasteiger partial charge in [-0.25, -0.2) is 4.98 Å². The number of hydrogen-bond donors (Lipinski definition) is 1. The Morgan fingerprint density at radius 2 is 1.81 bits per heavy atom. The molecule has 0 bridgehead atoms. The molecular formula is C28H35N3O4S. The van der Waals surface area contributed by atoms with Crippen molar-refractivity contribution in [2.24, 2.45) is 7.05 Å². The molecule has 1 aromatic heterocycles. The van der Waals surface area contributed by atoms with Crippen LogP contribution >= 0.6 is 11.8 Å². The monoisotopic (exact) mass is 509 g/mol. The Labute approximate surface area is 217 Å². The standard InChI is InChI=1S/C28H35N3O4S/c1-6-10-25(26(32)29-16-15-21-13-14-23(34-4)24(18-21)35-5)36-28-30-19(2)22(27(33)31(28)3)17-20-11-8-7-9-12-20/h7-9,11-14,18,25H,6,10,15-17H2,1-5H3,(H,29,32). The van der Waals surface area contributed by atoms with Crippen molar-refractivity contribution in [1.82, 2.24) is 14.9 Å². The molecule has 1 heterocycles. The van der Waals surface area contributed by atoms with Crippen molar-refractivity contribution < 1.29 is 14.3 Å². The van der Waals surface area contributed by atoms with Crippen LogP contribution in [0.1, 0.15) is 42.1 Å². The molecule has 0 aliphatic heterocycles. The Morgan fingerprint density at radius 1 is 1.08 bits per heavy atom. The highest BCUT2D eigenvalue weighted by Gasteiger charge is 2.22. The van der Waals surface area contributed by atoms with Gasteiger partial charge in [-0.05, 0) is 43.0 Å². The van der Waals surface area contributed by atoms with E-state index in [1.165, 1.54) is 11.8 Å². The molecule has 3 rings (SSSR count). The number of aromatic nitrogens is 2. The molecule has 0 fully saturated rings. The van der Waals surface area contributed by atoms with Crippen LogP contribution in [0.4, 0.5) is 0 Å². The van der Waals surface area contributed by atoms with E-state index in [0.717, 1.165) is 17.5 Å². The van der Waals surface area contributed by atoms with E-state index < -0.39 is 0 Å². The predicted octanol–water partition coefficient (Wildman–Crippen LogP) is 4.32. The Balaban J connectivity index is 1.68. The molecule has 3 aromatic rings. The lowest BCUT2D eigenvalue weighted by Crippen LogP contribution is -2.35. The smallest absolute Gasteiger partial charge is 0.257 e. The number of hydrogen-bond acceptors (Lipinski definition) is 6. The zero-order valence-electron chi connectivity index (χ0n) is 21.7. The summed E-state index contributed by atoms with van der Waals surface area (Å²) in [6.07, 6.45) is 2.74. The number of aryl methyl sites for hydroxylation is 1. The fourth-order valence-electron chi connectivity index (χ4n) is 3.95. The van der Waals surface area contributed by atoms with Crippen LogP contribution in [-0.2, 0) is 24.7 Å². The van der Waals surface area contributed by atoms with E-state index in [4.69, 9.17) is 14.5 Å². The first-order valence-corrected chi connectivity index (χ1v) is 13.0. The molecule has 0 saturated carbocycles. The molecule has 1 unspecified atom stereocenters. The summed E-state index contributed by atoms with van der Waals surface area (Å²) in [5.74, 6) is 1.29. The lowest BCUT2D eigenvalue weighted by atomic mass is 10.1. The SMILES string of the molecule is CCCC(Sc1nc(C)c(Cc2ccccc2)c(=O)n1C)C(=O)NCCc1ccc(OC)c(OC)c1. The van der Waals surface area contributed by atoms with Crippen molar-refractivity contribution in [3.63, 3.8) is 0 Å². The number of thioether (sulfide) groups is 1. The van der Waals surface area contributed by atoms with Crippen molar-refractivity contribution in [2.45, 2.75) is 49.9 Å². The molecule has 1 N–H and O–H groups in total. The quantitative estimate of drug-likeness (QED) is 0.289. The molecule has 0 radical (unpaired) electrons. The molecule has 36 heavy (non-hydrogen) atoms. The number of benzene rings is 2. The normalized spacial score (nSPS) is 11.7. The summed E-state index contributed by atoms with van der Waals surface area (Å²) in [7, 11) is 4.93. The van der Waals surface area contributed by atoms with Crippen LogP contribution in [0.5, 0.6) is 11.5 Å². The van der Waals surface area contributed by atoms with Crippen LogP contribution < -0.4 is 20.3 Å². The third kappa shape index (κ3) is 6.91. The van der Waals surface area contributed by atoms with Crippen molar-refractivity contribution >= 4 is 17.7 Å². The van der Waals surface area contributed by atoms with Gasteiger partial charge in [-0.2, -0.15) is 0 Å². The Morgan fingerprint density at radius 3 is 2.47 bits per heavy atom. The number of methoxy groups -OCH3 is 2. The second-order valence-corrected chi connectivity index (χ2v) is 9.78. The van der Waals surface area contributed by atoms with Gasteiger partial charge in [0.05, 0.1) is 19.5 Å². The highest BCUT2D eigenvalue weighted by Crippen LogP contribution is 2.28. The van der Waals surface area contributed by atoms with Gasteiger partial charge in [0, 0.05) is 31.3 Å². The van der Waals surface area contributed by atoms with E-state index in [2.05, 4.69) is 5.32 Å². The summed E-state index contributed by atoms with van der Waals surface area (Å²) in [5.41, 5.74) is 3.42. The van der Waals surface area contributed by atoms with E-state index in [1.807, 2.05) is 62.4 Å². The van der Waals surface area contributed by atoms with Crippen LogP contribution in [-0.4, -0.2) is 41.5 Å². The number of ether oxygens (including phenoxy) is 2. The highest BCUT2D eigenvalue weighted by atomic mass is 32.2. The first-order chi connectivity index (χ1) is 17.4. The van der Waals surface area contributed by atoms with E-state index in [-0.39, 0.29) is 16.7 Å². The van der Waals surface area contributed by atoms with Gasteiger partial charge in [0.25, 0.3) is 5.56 Å². The third-order valence-corrected chi connectivity index (χ3v) is 7.34. The van der Waals surface area contributed by atoms with E-state index >= 15 is 0 Å². The molecule has 0 aliphatic carbocycles. The molecule has 0 aliphatic rings. The first kappa shape index (κ1) is 27.3. The Kier molecular flexibility index (Phi) is 9.99. The topological polar surface area (TPSA) is 82.5 Å². The summed E-state index contributed by atoms with van der Waals surface area (Å²) in [6.45, 7) is 4.41. The zero-order chi connectivity index (χ0) is 26.1. The van der Waals surface area contributed by atoms with Crippen LogP contribution in [0.2, 0.25) is 0 Å². The summed E-state index contributed by atoms with van der Waals surface area (Å²) in [5, 5.41) is 3.27. The lowest BCUT2D eigenvalue weighted by Gasteiger charge is -2.18. The molecule has 8 heteroatoms. The fourth-order valence-corrected chi connectivity index (χ4v) is 5.18. The van der Waals surface area contributed by atoms with Crippen LogP contribution in [0.15, 0.2) is 58.5 Å². The van der Waals surface area contributed by atoms with E-state index in [0.29, 0.717) is 53.7 Å². The third-order valence-electron chi connectivity index (χ3n) is 6.03. The molecule has 1 atom stereocenters. The number of carbonyl (C=O) groups excluding carboxylic acids is 1. The van der Waals surface area contributed by atoms with Gasteiger partial charge in [0.15, 0.2) is 16.7 Å². The molecule has 1 amide bonds. The van der Waals surface area contributed by atoms with E-state index in [1.54, 1.807) is 25.8 Å². The Bertz CT molecular complexity index is 1230. The average Bonchev–Trinajstić information content (AvgIpc) is 2.89.